The lowest BCUT2D eigenvalue weighted by atomic mass is 10.1. The number of hydrogen-bond donors (Lipinski definition) is 0. The summed E-state index contributed by atoms with van der Waals surface area (Å²) >= 11 is 0. The number of carbonyl (C=O) groups excluding carboxylic acids is 3. The van der Waals surface area contributed by atoms with E-state index < -0.39 is 5.97 Å². The Hall–Kier alpha value is -1.65. The van der Waals surface area contributed by atoms with Crippen LogP contribution in [0.15, 0.2) is 12.2 Å². The zero-order valence-corrected chi connectivity index (χ0v) is 10.4. The van der Waals surface area contributed by atoms with Gasteiger partial charge in [-0.1, -0.05) is 0 Å². The number of hydrogen-bond acceptors (Lipinski definition) is 5. The van der Waals surface area contributed by atoms with Crippen molar-refractivity contribution in [3.8, 4) is 0 Å². The minimum atomic E-state index is -0.533. The molecule has 0 fully saturated rings. The maximum absolute atomic E-state index is 11.3. The van der Waals surface area contributed by atoms with E-state index in [-0.39, 0.29) is 30.9 Å². The van der Waals surface area contributed by atoms with Crippen LogP contribution in [0.1, 0.15) is 33.6 Å². The number of rotatable bonds is 7. The third kappa shape index (κ3) is 9.29. The van der Waals surface area contributed by atoms with Gasteiger partial charge in [-0.25, -0.2) is 4.79 Å². The summed E-state index contributed by atoms with van der Waals surface area (Å²) in [4.78, 5) is 32.8. The summed E-state index contributed by atoms with van der Waals surface area (Å²) in [5.74, 6) is -1.10. The Kier molecular flexibility index (Phi) is 7.67. The van der Waals surface area contributed by atoms with Gasteiger partial charge in [0.25, 0.3) is 0 Å². The molecule has 0 amide bonds. The van der Waals surface area contributed by atoms with Crippen molar-refractivity contribution >= 4 is 17.7 Å². The number of allylic oxidation sites excluding steroid dienone is 1. The summed E-state index contributed by atoms with van der Waals surface area (Å²) < 4.78 is 9.48. The highest BCUT2D eigenvalue weighted by Gasteiger charge is 2.07. The molecule has 17 heavy (non-hydrogen) atoms. The van der Waals surface area contributed by atoms with E-state index in [2.05, 4.69) is 4.74 Å². The molecule has 5 nitrogen and oxygen atoms in total. The second-order valence-corrected chi connectivity index (χ2v) is 3.51. The zero-order valence-electron chi connectivity index (χ0n) is 10.4. The van der Waals surface area contributed by atoms with Crippen molar-refractivity contribution in [1.29, 1.82) is 0 Å². The van der Waals surface area contributed by atoms with Gasteiger partial charge in [-0.2, -0.15) is 0 Å². The molecule has 0 unspecified atom stereocenters. The fraction of sp³-hybridized carbons (Fsp3) is 0.583. The Morgan fingerprint density at radius 3 is 2.41 bits per heavy atom. The number of ether oxygens (including phenoxy) is 2. The number of ketones is 1. The molecule has 0 bridgehead atoms. The van der Waals surface area contributed by atoms with Crippen molar-refractivity contribution in [2.75, 3.05) is 6.61 Å². The van der Waals surface area contributed by atoms with Crippen molar-refractivity contribution in [2.45, 2.75) is 39.7 Å². The highest BCUT2D eigenvalue weighted by atomic mass is 16.5. The van der Waals surface area contributed by atoms with Gasteiger partial charge in [0.05, 0.1) is 12.7 Å². The van der Waals surface area contributed by atoms with Gasteiger partial charge in [0.2, 0.25) is 0 Å². The Balaban J connectivity index is 3.87. The smallest absolute Gasteiger partial charge is 0.330 e. The van der Waals surface area contributed by atoms with Crippen LogP contribution in [0, 0.1) is 0 Å². The maximum atomic E-state index is 11.3. The molecule has 0 rings (SSSR count). The topological polar surface area (TPSA) is 69.7 Å². The van der Waals surface area contributed by atoms with Crippen LogP contribution in [0.4, 0.5) is 0 Å². The molecule has 0 aromatic carbocycles. The zero-order chi connectivity index (χ0) is 13.3. The molecule has 0 aromatic rings. The Bertz CT molecular complexity index is 306. The third-order valence-electron chi connectivity index (χ3n) is 1.86. The van der Waals surface area contributed by atoms with E-state index in [1.54, 1.807) is 13.8 Å². The molecule has 0 aliphatic heterocycles. The highest BCUT2D eigenvalue weighted by Crippen LogP contribution is 2.03. The van der Waals surface area contributed by atoms with Crippen molar-refractivity contribution in [3.63, 3.8) is 0 Å². The van der Waals surface area contributed by atoms with Crippen molar-refractivity contribution in [3.05, 3.63) is 12.2 Å². The van der Waals surface area contributed by atoms with Crippen LogP contribution in [0.5, 0.6) is 0 Å². The van der Waals surface area contributed by atoms with Crippen LogP contribution >= 0.6 is 0 Å². The molecule has 0 spiro atoms. The van der Waals surface area contributed by atoms with E-state index in [0.717, 1.165) is 6.08 Å². The summed E-state index contributed by atoms with van der Waals surface area (Å²) in [6.07, 6.45) is 2.64. The SMILES string of the molecule is CCOC(=O)/C=C/C(=O)CC[C@H](C)OC(C)=O. The normalized spacial score (nSPS) is 12.2. The molecule has 0 N–H and O–H groups in total. The lowest BCUT2D eigenvalue weighted by Gasteiger charge is -2.09. The first-order chi connectivity index (χ1) is 7.95. The van der Waals surface area contributed by atoms with Crippen LogP contribution in [0.25, 0.3) is 0 Å². The third-order valence-corrected chi connectivity index (χ3v) is 1.86. The molecule has 0 radical (unpaired) electrons. The van der Waals surface area contributed by atoms with Gasteiger partial charge >= 0.3 is 11.9 Å². The van der Waals surface area contributed by atoms with Crippen LogP contribution in [-0.2, 0) is 23.9 Å². The van der Waals surface area contributed by atoms with E-state index in [1.165, 1.54) is 13.0 Å². The minimum Gasteiger partial charge on any atom is -0.463 e. The Morgan fingerprint density at radius 2 is 1.88 bits per heavy atom. The van der Waals surface area contributed by atoms with E-state index in [0.29, 0.717) is 6.42 Å². The summed E-state index contributed by atoms with van der Waals surface area (Å²) in [6, 6.07) is 0. The Morgan fingerprint density at radius 1 is 1.24 bits per heavy atom. The Labute approximate surface area is 101 Å². The molecule has 5 heteroatoms. The molecular formula is C12H18O5. The minimum absolute atomic E-state index is 0.197. The summed E-state index contributed by atoms with van der Waals surface area (Å²) in [6.45, 7) is 5.00. The highest BCUT2D eigenvalue weighted by molar-refractivity contribution is 5.95. The van der Waals surface area contributed by atoms with Crippen molar-refractivity contribution in [2.24, 2.45) is 0 Å². The lowest BCUT2D eigenvalue weighted by Crippen LogP contribution is -2.13. The lowest BCUT2D eigenvalue weighted by molar-refractivity contribution is -0.146. The molecular weight excluding hydrogens is 224 g/mol. The maximum Gasteiger partial charge on any atom is 0.330 e. The molecule has 0 saturated carbocycles. The average molecular weight is 242 g/mol. The monoisotopic (exact) mass is 242 g/mol. The molecule has 96 valence electrons. The standard InChI is InChI=1S/C12H18O5/c1-4-16-12(15)8-7-11(14)6-5-9(2)17-10(3)13/h7-9H,4-6H2,1-3H3/b8-7+/t9-/m0/s1. The predicted molar refractivity (Wildman–Crippen MR) is 61.2 cm³/mol. The molecule has 1 atom stereocenters. The average Bonchev–Trinajstić information content (AvgIpc) is 2.23. The first-order valence-electron chi connectivity index (χ1n) is 5.50. The second kappa shape index (κ2) is 8.50. The van der Waals surface area contributed by atoms with Gasteiger partial charge in [-0.15, -0.1) is 0 Å². The quantitative estimate of drug-likeness (QED) is 0.498. The largest absolute Gasteiger partial charge is 0.463 e. The van der Waals surface area contributed by atoms with Gasteiger partial charge in [-0.05, 0) is 26.3 Å². The summed E-state index contributed by atoms with van der Waals surface area (Å²) in [5.41, 5.74) is 0. The van der Waals surface area contributed by atoms with Gasteiger partial charge in [0.1, 0.15) is 0 Å². The van der Waals surface area contributed by atoms with Gasteiger partial charge in [0.15, 0.2) is 5.78 Å². The van der Waals surface area contributed by atoms with Crippen LogP contribution in [0.3, 0.4) is 0 Å². The van der Waals surface area contributed by atoms with Crippen LogP contribution in [-0.4, -0.2) is 30.4 Å². The predicted octanol–water partition coefficient (Wildman–Crippen LogP) is 1.41. The molecule has 0 saturated heterocycles. The van der Waals surface area contributed by atoms with Crippen molar-refractivity contribution < 1.29 is 23.9 Å². The fourth-order valence-corrected chi connectivity index (χ4v) is 1.12. The van der Waals surface area contributed by atoms with Crippen LogP contribution < -0.4 is 0 Å². The van der Waals surface area contributed by atoms with Crippen LogP contribution in [0.2, 0.25) is 0 Å². The number of esters is 2. The van der Waals surface area contributed by atoms with Gasteiger partial charge < -0.3 is 9.47 Å². The first-order valence-corrected chi connectivity index (χ1v) is 5.50. The molecule has 0 aliphatic rings. The van der Waals surface area contributed by atoms with E-state index >= 15 is 0 Å². The summed E-state index contributed by atoms with van der Waals surface area (Å²) in [7, 11) is 0. The molecule has 0 aromatic heterocycles. The van der Waals surface area contributed by atoms with Crippen molar-refractivity contribution in [1.82, 2.24) is 0 Å². The second-order valence-electron chi connectivity index (χ2n) is 3.51. The number of carbonyl (C=O) groups is 3. The fourth-order valence-electron chi connectivity index (χ4n) is 1.12. The van der Waals surface area contributed by atoms with Gasteiger partial charge in [-0.3, -0.25) is 9.59 Å². The molecule has 0 heterocycles. The first kappa shape index (κ1) is 15.3. The van der Waals surface area contributed by atoms with Gasteiger partial charge in [0, 0.05) is 19.4 Å². The van der Waals surface area contributed by atoms with E-state index in [9.17, 15) is 14.4 Å². The summed E-state index contributed by atoms with van der Waals surface area (Å²) in [5, 5.41) is 0. The van der Waals surface area contributed by atoms with E-state index in [4.69, 9.17) is 4.74 Å². The molecule has 0 aliphatic carbocycles. The van der Waals surface area contributed by atoms with E-state index in [1.807, 2.05) is 0 Å².